The summed E-state index contributed by atoms with van der Waals surface area (Å²) in [5, 5.41) is 7.94. The maximum atomic E-state index is 4.70. The molecule has 0 spiro atoms. The minimum absolute atomic E-state index is 0.558. The van der Waals surface area contributed by atoms with Crippen LogP contribution in [0.15, 0.2) is 42.5 Å². The van der Waals surface area contributed by atoms with Crippen LogP contribution >= 0.6 is 0 Å². The van der Waals surface area contributed by atoms with Gasteiger partial charge in [0.2, 0.25) is 5.95 Å². The van der Waals surface area contributed by atoms with Crippen LogP contribution in [0.4, 0.5) is 17.5 Å². The van der Waals surface area contributed by atoms with Crippen LogP contribution in [0, 0.1) is 13.8 Å². The van der Waals surface area contributed by atoms with E-state index in [1.54, 1.807) is 0 Å². The number of anilines is 3. The standard InChI is InChI=1S/C19H20N4/c1-12-9-13(2)11-15(10-12)21-19-22-17-6-4-3-5-16(17)18(23-19)20-14-7-8-14/h3-6,9-11,14H,7-8H2,1-2H3,(H2,20,21,22,23). The lowest BCUT2D eigenvalue weighted by molar-refractivity contribution is 1.10. The molecule has 2 N–H and O–H groups in total. The van der Waals surface area contributed by atoms with Crippen LogP contribution in [0.3, 0.4) is 0 Å². The predicted molar refractivity (Wildman–Crippen MR) is 95.4 cm³/mol. The van der Waals surface area contributed by atoms with Crippen molar-refractivity contribution in [1.82, 2.24) is 9.97 Å². The van der Waals surface area contributed by atoms with Gasteiger partial charge in [0.25, 0.3) is 0 Å². The molecule has 0 radical (unpaired) electrons. The molecule has 1 aliphatic rings. The highest BCUT2D eigenvalue weighted by atomic mass is 15.2. The van der Waals surface area contributed by atoms with Gasteiger partial charge in [0, 0.05) is 17.1 Å². The molecule has 1 aliphatic carbocycles. The summed E-state index contributed by atoms with van der Waals surface area (Å²) in [6.07, 6.45) is 2.44. The Morgan fingerprint density at radius 2 is 1.70 bits per heavy atom. The molecule has 1 fully saturated rings. The van der Waals surface area contributed by atoms with Crippen LogP contribution in [-0.4, -0.2) is 16.0 Å². The molecule has 0 bridgehead atoms. The van der Waals surface area contributed by atoms with Gasteiger partial charge in [-0.25, -0.2) is 4.98 Å². The first kappa shape index (κ1) is 14.0. The topological polar surface area (TPSA) is 49.8 Å². The number of nitrogens with zero attached hydrogens (tertiary/aromatic N) is 2. The highest BCUT2D eigenvalue weighted by Crippen LogP contribution is 2.29. The third-order valence-electron chi connectivity index (χ3n) is 4.00. The molecule has 3 aromatic rings. The highest BCUT2D eigenvalue weighted by Gasteiger charge is 2.22. The minimum atomic E-state index is 0.558. The van der Waals surface area contributed by atoms with E-state index in [1.165, 1.54) is 24.0 Å². The zero-order chi connectivity index (χ0) is 15.8. The van der Waals surface area contributed by atoms with E-state index < -0.39 is 0 Å². The summed E-state index contributed by atoms with van der Waals surface area (Å²) in [6, 6.07) is 15.1. The average molecular weight is 304 g/mol. The fourth-order valence-corrected chi connectivity index (χ4v) is 2.84. The second kappa shape index (κ2) is 5.54. The van der Waals surface area contributed by atoms with Crippen molar-refractivity contribution in [2.45, 2.75) is 32.7 Å². The van der Waals surface area contributed by atoms with Crippen LogP contribution in [0.5, 0.6) is 0 Å². The van der Waals surface area contributed by atoms with E-state index in [2.05, 4.69) is 53.7 Å². The van der Waals surface area contributed by atoms with Gasteiger partial charge in [0.15, 0.2) is 0 Å². The number of hydrogen-bond acceptors (Lipinski definition) is 4. The van der Waals surface area contributed by atoms with Gasteiger partial charge in [-0.1, -0.05) is 18.2 Å². The number of aryl methyl sites for hydroxylation is 2. The first-order valence-corrected chi connectivity index (χ1v) is 8.06. The molecule has 1 saturated carbocycles. The molecule has 0 amide bonds. The molecule has 1 aromatic heterocycles. The lowest BCUT2D eigenvalue weighted by Crippen LogP contribution is -2.07. The summed E-state index contributed by atoms with van der Waals surface area (Å²) in [7, 11) is 0. The number of nitrogens with one attached hydrogen (secondary N) is 2. The second-order valence-corrected chi connectivity index (χ2v) is 6.33. The molecular formula is C19H20N4. The third kappa shape index (κ3) is 3.11. The fraction of sp³-hybridized carbons (Fsp3) is 0.263. The summed E-state index contributed by atoms with van der Waals surface area (Å²) in [6.45, 7) is 4.19. The minimum Gasteiger partial charge on any atom is -0.367 e. The molecule has 1 heterocycles. The Morgan fingerprint density at radius 3 is 2.43 bits per heavy atom. The fourth-order valence-electron chi connectivity index (χ4n) is 2.84. The van der Waals surface area contributed by atoms with Gasteiger partial charge in [0.05, 0.1) is 5.52 Å². The van der Waals surface area contributed by atoms with Gasteiger partial charge in [0.1, 0.15) is 5.82 Å². The SMILES string of the molecule is Cc1cc(C)cc(Nc2nc(NC3CC3)c3ccccc3n2)c1. The Hall–Kier alpha value is -2.62. The van der Waals surface area contributed by atoms with Crippen LogP contribution in [0.2, 0.25) is 0 Å². The smallest absolute Gasteiger partial charge is 0.229 e. The summed E-state index contributed by atoms with van der Waals surface area (Å²) in [4.78, 5) is 9.36. The van der Waals surface area contributed by atoms with Gasteiger partial charge in [-0.05, 0) is 62.1 Å². The van der Waals surface area contributed by atoms with E-state index in [-0.39, 0.29) is 0 Å². The van der Waals surface area contributed by atoms with E-state index in [0.717, 1.165) is 22.4 Å². The summed E-state index contributed by atoms with van der Waals surface area (Å²) in [5.74, 6) is 1.56. The van der Waals surface area contributed by atoms with Crippen molar-refractivity contribution in [3.63, 3.8) is 0 Å². The van der Waals surface area contributed by atoms with Gasteiger partial charge >= 0.3 is 0 Å². The zero-order valence-electron chi connectivity index (χ0n) is 13.4. The van der Waals surface area contributed by atoms with Crippen molar-refractivity contribution in [3.8, 4) is 0 Å². The molecule has 2 aromatic carbocycles. The Morgan fingerprint density at radius 1 is 0.957 bits per heavy atom. The molecule has 0 unspecified atom stereocenters. The summed E-state index contributed by atoms with van der Waals surface area (Å²) < 4.78 is 0. The van der Waals surface area contributed by atoms with E-state index in [4.69, 9.17) is 4.98 Å². The lowest BCUT2D eigenvalue weighted by Gasteiger charge is -2.12. The molecule has 4 nitrogen and oxygen atoms in total. The number of para-hydroxylation sites is 1. The van der Waals surface area contributed by atoms with E-state index in [0.29, 0.717) is 12.0 Å². The van der Waals surface area contributed by atoms with Crippen molar-refractivity contribution in [2.24, 2.45) is 0 Å². The second-order valence-electron chi connectivity index (χ2n) is 6.33. The first-order valence-electron chi connectivity index (χ1n) is 8.06. The number of aromatic nitrogens is 2. The summed E-state index contributed by atoms with van der Waals surface area (Å²) >= 11 is 0. The number of fused-ring (bicyclic) bond motifs is 1. The molecule has 4 heteroatoms. The maximum Gasteiger partial charge on any atom is 0.229 e. The number of benzene rings is 2. The third-order valence-corrected chi connectivity index (χ3v) is 4.00. The van der Waals surface area contributed by atoms with Crippen molar-refractivity contribution in [1.29, 1.82) is 0 Å². The molecule has 0 aliphatic heterocycles. The zero-order valence-corrected chi connectivity index (χ0v) is 13.4. The lowest BCUT2D eigenvalue weighted by atomic mass is 10.1. The van der Waals surface area contributed by atoms with E-state index in [9.17, 15) is 0 Å². The Kier molecular flexibility index (Phi) is 3.37. The van der Waals surface area contributed by atoms with Crippen LogP contribution < -0.4 is 10.6 Å². The first-order chi connectivity index (χ1) is 11.2. The Bertz CT molecular complexity index is 848. The van der Waals surface area contributed by atoms with Gasteiger partial charge in [-0.2, -0.15) is 4.98 Å². The van der Waals surface area contributed by atoms with Gasteiger partial charge < -0.3 is 10.6 Å². The van der Waals surface area contributed by atoms with Crippen molar-refractivity contribution in [3.05, 3.63) is 53.6 Å². The van der Waals surface area contributed by atoms with Crippen LogP contribution in [0.1, 0.15) is 24.0 Å². The van der Waals surface area contributed by atoms with Crippen LogP contribution in [-0.2, 0) is 0 Å². The Balaban J connectivity index is 1.74. The Labute approximate surface area is 136 Å². The average Bonchev–Trinajstić information content (AvgIpc) is 3.30. The molecule has 0 atom stereocenters. The van der Waals surface area contributed by atoms with Crippen molar-refractivity contribution in [2.75, 3.05) is 10.6 Å². The molecule has 4 rings (SSSR count). The maximum absolute atomic E-state index is 4.70. The normalized spacial score (nSPS) is 14.0. The van der Waals surface area contributed by atoms with Gasteiger partial charge in [-0.15, -0.1) is 0 Å². The predicted octanol–water partition coefficient (Wildman–Crippen LogP) is 4.56. The molecule has 116 valence electrons. The van der Waals surface area contributed by atoms with E-state index >= 15 is 0 Å². The number of rotatable bonds is 4. The van der Waals surface area contributed by atoms with E-state index in [1.807, 2.05) is 18.2 Å². The molecule has 23 heavy (non-hydrogen) atoms. The van der Waals surface area contributed by atoms with Crippen molar-refractivity contribution >= 4 is 28.4 Å². The molecular weight excluding hydrogens is 284 g/mol. The molecule has 0 saturated heterocycles. The van der Waals surface area contributed by atoms with Crippen molar-refractivity contribution < 1.29 is 0 Å². The van der Waals surface area contributed by atoms with Gasteiger partial charge in [-0.3, -0.25) is 0 Å². The number of hydrogen-bond donors (Lipinski definition) is 2. The summed E-state index contributed by atoms with van der Waals surface area (Å²) in [5.41, 5.74) is 4.43. The van der Waals surface area contributed by atoms with Crippen LogP contribution in [0.25, 0.3) is 10.9 Å². The largest absolute Gasteiger partial charge is 0.367 e. The highest BCUT2D eigenvalue weighted by molar-refractivity contribution is 5.90. The monoisotopic (exact) mass is 304 g/mol. The quantitative estimate of drug-likeness (QED) is 0.741.